The maximum absolute atomic E-state index is 12.6. The van der Waals surface area contributed by atoms with Crippen LogP contribution in [0.1, 0.15) is 13.8 Å². The molecule has 3 atom stereocenters. The van der Waals surface area contributed by atoms with Gasteiger partial charge in [0.05, 0.1) is 7.11 Å². The highest BCUT2D eigenvalue weighted by atomic mass is 16.5. The first-order chi connectivity index (χ1) is 13.8. The van der Waals surface area contributed by atoms with Gasteiger partial charge in [-0.1, -0.05) is 24.8 Å². The molecule has 1 saturated heterocycles. The number of amides is 2. The van der Waals surface area contributed by atoms with Gasteiger partial charge in [0.2, 0.25) is 0 Å². The molecule has 0 aromatic heterocycles. The highest BCUT2D eigenvalue weighted by Gasteiger charge is 2.54. The van der Waals surface area contributed by atoms with Gasteiger partial charge in [-0.2, -0.15) is 0 Å². The van der Waals surface area contributed by atoms with Gasteiger partial charge in [-0.25, -0.2) is 4.79 Å². The number of benzene rings is 1. The van der Waals surface area contributed by atoms with Crippen molar-refractivity contribution in [3.8, 4) is 5.75 Å². The number of ketones is 1. The van der Waals surface area contributed by atoms with Crippen LogP contribution in [0.2, 0.25) is 0 Å². The van der Waals surface area contributed by atoms with Crippen LogP contribution in [-0.2, 0) is 28.7 Å². The molecule has 156 valence electrons. The fraction of sp³-hybridized carbons (Fsp3) is 0.400. The van der Waals surface area contributed by atoms with Gasteiger partial charge in [0.15, 0.2) is 30.7 Å². The Morgan fingerprint density at radius 3 is 2.38 bits per heavy atom. The lowest BCUT2D eigenvalue weighted by Gasteiger charge is -2.49. The summed E-state index contributed by atoms with van der Waals surface area (Å²) in [4.78, 5) is 49.4. The van der Waals surface area contributed by atoms with Gasteiger partial charge in [0, 0.05) is 0 Å². The molecule has 9 nitrogen and oxygen atoms in total. The number of carbonyl (C=O) groups excluding carboxylic acids is 4. The number of nitrogens with one attached hydrogen (secondary N) is 1. The SMILES string of the molecule is C=C(C)C(C(=O)OC)N1C(=O)[C@H](NC(=O)COc2ccccc2)[C@@H]1OCC(C)=O. The van der Waals surface area contributed by atoms with Crippen LogP contribution in [0.15, 0.2) is 42.5 Å². The van der Waals surface area contributed by atoms with Gasteiger partial charge in [-0.3, -0.25) is 19.3 Å². The quantitative estimate of drug-likeness (QED) is 0.342. The highest BCUT2D eigenvalue weighted by molar-refractivity contribution is 5.97. The monoisotopic (exact) mass is 404 g/mol. The molecule has 1 aliphatic rings. The van der Waals surface area contributed by atoms with E-state index in [0.29, 0.717) is 11.3 Å². The van der Waals surface area contributed by atoms with Gasteiger partial charge in [0.25, 0.3) is 11.8 Å². The summed E-state index contributed by atoms with van der Waals surface area (Å²) in [5.74, 6) is -1.56. The Morgan fingerprint density at radius 1 is 1.17 bits per heavy atom. The van der Waals surface area contributed by atoms with Gasteiger partial charge < -0.3 is 19.5 Å². The maximum atomic E-state index is 12.6. The second-order valence-electron chi connectivity index (χ2n) is 6.57. The Bertz CT molecular complexity index is 793. The Balaban J connectivity index is 2.08. The van der Waals surface area contributed by atoms with Crippen molar-refractivity contribution in [2.24, 2.45) is 0 Å². The third kappa shape index (κ3) is 5.41. The molecule has 2 amide bonds. The van der Waals surface area contributed by atoms with Gasteiger partial charge in [0.1, 0.15) is 12.4 Å². The first kappa shape index (κ1) is 22.1. The largest absolute Gasteiger partial charge is 0.484 e. The summed E-state index contributed by atoms with van der Waals surface area (Å²) >= 11 is 0. The molecule has 1 N–H and O–H groups in total. The second-order valence-corrected chi connectivity index (χ2v) is 6.57. The molecule has 0 bridgehead atoms. The molecule has 0 aliphatic carbocycles. The standard InChI is InChI=1S/C20H24N2O7/c1-12(2)17(20(26)27-4)22-18(25)16(19(22)29-10-13(3)23)21-15(24)11-28-14-8-6-5-7-9-14/h5-9,16-17,19H,1,10-11H2,2-4H3,(H,21,24)/t16-,17?,19-/m0/s1. The molecule has 9 heteroatoms. The van der Waals surface area contributed by atoms with E-state index in [4.69, 9.17) is 14.2 Å². The minimum Gasteiger partial charge on any atom is -0.484 e. The normalized spacial score (nSPS) is 19.0. The number of rotatable bonds is 10. The van der Waals surface area contributed by atoms with E-state index in [1.807, 2.05) is 6.07 Å². The van der Waals surface area contributed by atoms with Crippen LogP contribution in [-0.4, -0.2) is 67.1 Å². The zero-order valence-electron chi connectivity index (χ0n) is 16.5. The Morgan fingerprint density at radius 2 is 1.83 bits per heavy atom. The highest BCUT2D eigenvalue weighted by Crippen LogP contribution is 2.28. The number of ether oxygens (including phenoxy) is 3. The van der Waals surface area contributed by atoms with E-state index in [0.717, 1.165) is 4.90 Å². The summed E-state index contributed by atoms with van der Waals surface area (Å²) in [5.41, 5.74) is 0.360. The number of hydrogen-bond acceptors (Lipinski definition) is 7. The zero-order chi connectivity index (χ0) is 21.6. The molecule has 2 rings (SSSR count). The van der Waals surface area contributed by atoms with E-state index in [-0.39, 0.29) is 19.0 Å². The van der Waals surface area contributed by atoms with Crippen LogP contribution in [0.4, 0.5) is 0 Å². The number of likely N-dealkylation sites (tertiary alicyclic amines) is 1. The number of nitrogens with zero attached hydrogens (tertiary/aromatic N) is 1. The molecule has 1 aromatic rings. The molecule has 1 heterocycles. The lowest BCUT2D eigenvalue weighted by atomic mass is 9.97. The van der Waals surface area contributed by atoms with Crippen LogP contribution in [0.25, 0.3) is 0 Å². The van der Waals surface area contributed by atoms with Gasteiger partial charge in [-0.05, 0) is 31.6 Å². The van der Waals surface area contributed by atoms with Crippen molar-refractivity contribution in [1.82, 2.24) is 10.2 Å². The molecule has 29 heavy (non-hydrogen) atoms. The van der Waals surface area contributed by atoms with Crippen molar-refractivity contribution in [1.29, 1.82) is 0 Å². The predicted molar refractivity (Wildman–Crippen MR) is 102 cm³/mol. The fourth-order valence-electron chi connectivity index (χ4n) is 2.82. The smallest absolute Gasteiger partial charge is 0.333 e. The number of hydrogen-bond donors (Lipinski definition) is 1. The van der Waals surface area contributed by atoms with Crippen molar-refractivity contribution < 1.29 is 33.4 Å². The third-order valence-corrected chi connectivity index (χ3v) is 4.14. The molecule has 1 aromatic carbocycles. The van der Waals surface area contributed by atoms with Gasteiger partial charge in [-0.15, -0.1) is 0 Å². The molecular weight excluding hydrogens is 380 g/mol. The first-order valence-corrected chi connectivity index (χ1v) is 8.90. The number of esters is 1. The fourth-order valence-corrected chi connectivity index (χ4v) is 2.82. The number of methoxy groups -OCH3 is 1. The van der Waals surface area contributed by atoms with E-state index >= 15 is 0 Å². The number of para-hydroxylation sites is 1. The molecule has 1 unspecified atom stereocenters. The Labute approximate surface area is 168 Å². The van der Waals surface area contributed by atoms with Crippen molar-refractivity contribution in [2.45, 2.75) is 32.2 Å². The molecule has 0 spiro atoms. The summed E-state index contributed by atoms with van der Waals surface area (Å²) < 4.78 is 15.6. The Hall–Kier alpha value is -3.20. The summed E-state index contributed by atoms with van der Waals surface area (Å²) in [6, 6.07) is 6.57. The average molecular weight is 404 g/mol. The molecule has 0 radical (unpaired) electrons. The summed E-state index contributed by atoms with van der Waals surface area (Å²) in [7, 11) is 1.19. The van der Waals surface area contributed by atoms with E-state index in [1.54, 1.807) is 31.2 Å². The Kier molecular flexibility index (Phi) is 7.49. The van der Waals surface area contributed by atoms with E-state index < -0.39 is 36.1 Å². The number of carbonyl (C=O) groups is 4. The third-order valence-electron chi connectivity index (χ3n) is 4.14. The topological polar surface area (TPSA) is 111 Å². The van der Waals surface area contributed by atoms with Crippen LogP contribution >= 0.6 is 0 Å². The van der Waals surface area contributed by atoms with Crippen molar-refractivity contribution in [3.63, 3.8) is 0 Å². The van der Waals surface area contributed by atoms with E-state index in [9.17, 15) is 19.2 Å². The van der Waals surface area contributed by atoms with Gasteiger partial charge >= 0.3 is 5.97 Å². The van der Waals surface area contributed by atoms with Crippen molar-refractivity contribution in [3.05, 3.63) is 42.5 Å². The lowest BCUT2D eigenvalue weighted by Crippen LogP contribution is -2.75. The molecule has 1 aliphatic heterocycles. The van der Waals surface area contributed by atoms with Crippen molar-refractivity contribution in [2.75, 3.05) is 20.3 Å². The molecule has 0 saturated carbocycles. The van der Waals surface area contributed by atoms with E-state index in [1.165, 1.54) is 14.0 Å². The summed E-state index contributed by atoms with van der Waals surface area (Å²) in [6.45, 7) is 6.01. The first-order valence-electron chi connectivity index (χ1n) is 8.90. The van der Waals surface area contributed by atoms with Crippen LogP contribution in [0.5, 0.6) is 5.75 Å². The van der Waals surface area contributed by atoms with Crippen LogP contribution in [0, 0.1) is 0 Å². The second kappa shape index (κ2) is 9.83. The van der Waals surface area contributed by atoms with Crippen LogP contribution < -0.4 is 10.1 Å². The molecular formula is C20H24N2O7. The molecule has 1 fully saturated rings. The zero-order valence-corrected chi connectivity index (χ0v) is 16.5. The number of β-lactam (4-membered cyclic amide) rings is 1. The predicted octanol–water partition coefficient (Wildman–Crippen LogP) is 0.442. The minimum absolute atomic E-state index is 0.272. The van der Waals surface area contributed by atoms with E-state index in [2.05, 4.69) is 11.9 Å². The number of Topliss-reactive ketones (excluding diaryl/α,β-unsaturated/α-hetero) is 1. The summed E-state index contributed by atoms with van der Waals surface area (Å²) in [6.07, 6.45) is -1.02. The maximum Gasteiger partial charge on any atom is 0.333 e. The lowest BCUT2D eigenvalue weighted by molar-refractivity contribution is -0.196. The summed E-state index contributed by atoms with van der Waals surface area (Å²) in [5, 5.41) is 2.52. The minimum atomic E-state index is -1.09. The average Bonchev–Trinajstić information content (AvgIpc) is 2.70. The van der Waals surface area contributed by atoms with Crippen LogP contribution in [0.3, 0.4) is 0 Å². The van der Waals surface area contributed by atoms with Crippen molar-refractivity contribution >= 4 is 23.6 Å².